The van der Waals surface area contributed by atoms with E-state index in [2.05, 4.69) is 13.8 Å². The average Bonchev–Trinajstić information content (AvgIpc) is 3.69. The minimum Gasteiger partial charge on any atom is -0.467 e. The molecule has 1 saturated heterocycles. The third-order valence-electron chi connectivity index (χ3n) is 7.57. The highest BCUT2D eigenvalue weighted by atomic mass is 16.5. The van der Waals surface area contributed by atoms with Crippen molar-refractivity contribution in [3.05, 3.63) is 48.5 Å². The van der Waals surface area contributed by atoms with Crippen molar-refractivity contribution >= 4 is 23.6 Å². The average molecular weight is 513 g/mol. The van der Waals surface area contributed by atoms with Crippen LogP contribution in [0.2, 0.25) is 0 Å². The predicted octanol–water partition coefficient (Wildman–Crippen LogP) is 3.43. The number of carbonyl (C=O) groups excluding carboxylic acids is 4. The van der Waals surface area contributed by atoms with Crippen LogP contribution in [0.3, 0.4) is 0 Å². The molecule has 9 heteroatoms. The number of hydrogen-bond acceptors (Lipinski definition) is 7. The van der Waals surface area contributed by atoms with Crippen molar-refractivity contribution in [3.8, 4) is 0 Å². The third kappa shape index (κ3) is 5.93. The second-order valence-electron chi connectivity index (χ2n) is 9.73. The molecule has 0 N–H and O–H groups in total. The molecule has 3 aliphatic rings. The second kappa shape index (κ2) is 12.5. The smallest absolute Gasteiger partial charge is 0.253 e. The molecular weight excluding hydrogens is 476 g/mol. The number of nitrogens with zero attached hydrogens (tertiary/aromatic N) is 2. The van der Waals surface area contributed by atoms with E-state index in [1.165, 1.54) is 22.0 Å². The van der Waals surface area contributed by atoms with Crippen molar-refractivity contribution < 1.29 is 33.1 Å². The Morgan fingerprint density at radius 2 is 1.70 bits per heavy atom. The molecule has 4 heterocycles. The van der Waals surface area contributed by atoms with E-state index < -0.39 is 17.9 Å². The molecule has 0 bridgehead atoms. The Kier molecular flexibility index (Phi) is 9.10. The zero-order valence-corrected chi connectivity index (χ0v) is 21.5. The van der Waals surface area contributed by atoms with Crippen LogP contribution in [-0.2, 0) is 28.7 Å². The zero-order valence-electron chi connectivity index (χ0n) is 21.5. The summed E-state index contributed by atoms with van der Waals surface area (Å²) in [5, 5.41) is 0. The Morgan fingerprint density at radius 1 is 1.00 bits per heavy atom. The normalized spacial score (nSPS) is 24.5. The number of furan rings is 1. The summed E-state index contributed by atoms with van der Waals surface area (Å²) in [6, 6.07) is 3.76. The highest BCUT2D eigenvalue weighted by Gasteiger charge is 2.50. The van der Waals surface area contributed by atoms with Gasteiger partial charge in [0, 0.05) is 31.8 Å². The van der Waals surface area contributed by atoms with E-state index in [0.717, 1.165) is 18.6 Å². The van der Waals surface area contributed by atoms with Gasteiger partial charge in [0.15, 0.2) is 0 Å². The molecule has 1 fully saturated rings. The fourth-order valence-corrected chi connectivity index (χ4v) is 5.48. The van der Waals surface area contributed by atoms with Gasteiger partial charge in [-0.05, 0) is 37.3 Å². The molecule has 4 rings (SSSR count). The molecule has 0 radical (unpaired) electrons. The van der Waals surface area contributed by atoms with Crippen molar-refractivity contribution in [1.29, 1.82) is 0 Å². The molecule has 200 valence electrons. The van der Waals surface area contributed by atoms with Gasteiger partial charge in [-0.1, -0.05) is 38.8 Å². The van der Waals surface area contributed by atoms with Crippen LogP contribution < -0.4 is 0 Å². The van der Waals surface area contributed by atoms with E-state index in [-0.39, 0.29) is 48.7 Å². The maximum Gasteiger partial charge on any atom is 0.253 e. The fraction of sp³-hybridized carbons (Fsp3) is 0.571. The van der Waals surface area contributed by atoms with Gasteiger partial charge in [-0.15, -0.1) is 0 Å². The molecule has 9 nitrogen and oxygen atoms in total. The number of amides is 4. The molecule has 0 spiro atoms. The number of carbonyl (C=O) groups is 4. The highest BCUT2D eigenvalue weighted by Crippen LogP contribution is 2.37. The molecule has 3 aliphatic heterocycles. The van der Waals surface area contributed by atoms with E-state index in [9.17, 15) is 19.2 Å². The summed E-state index contributed by atoms with van der Waals surface area (Å²) in [6.07, 6.45) is 10.5. The Morgan fingerprint density at radius 3 is 2.30 bits per heavy atom. The number of unbranched alkanes of at least 4 members (excludes halogenated alkanes) is 1. The monoisotopic (exact) mass is 512 g/mol. The number of rotatable bonds is 14. The van der Waals surface area contributed by atoms with Crippen LogP contribution in [0.4, 0.5) is 0 Å². The molecule has 4 atom stereocenters. The lowest BCUT2D eigenvalue weighted by Gasteiger charge is -2.25. The minimum atomic E-state index is -0.587. The molecule has 0 aliphatic carbocycles. The van der Waals surface area contributed by atoms with E-state index in [1.807, 2.05) is 24.3 Å². The Balaban J connectivity index is 1.37. The molecular formula is C28H36N2O7. The van der Waals surface area contributed by atoms with Crippen molar-refractivity contribution in [2.24, 2.45) is 17.8 Å². The number of imide groups is 2. The van der Waals surface area contributed by atoms with Gasteiger partial charge < -0.3 is 13.9 Å². The first-order valence-corrected chi connectivity index (χ1v) is 13.3. The molecule has 0 saturated carbocycles. The highest BCUT2D eigenvalue weighted by molar-refractivity contribution is 6.12. The van der Waals surface area contributed by atoms with Crippen molar-refractivity contribution in [2.45, 2.75) is 58.2 Å². The van der Waals surface area contributed by atoms with Crippen molar-refractivity contribution in [1.82, 2.24) is 9.80 Å². The van der Waals surface area contributed by atoms with Crippen LogP contribution in [0.25, 0.3) is 0 Å². The number of likely N-dealkylation sites (tertiary alicyclic amines) is 1. The predicted molar refractivity (Wildman–Crippen MR) is 134 cm³/mol. The Labute approximate surface area is 217 Å². The molecule has 1 aromatic rings. The Bertz CT molecular complexity index is 1010. The summed E-state index contributed by atoms with van der Waals surface area (Å²) < 4.78 is 17.7. The van der Waals surface area contributed by atoms with Gasteiger partial charge in [-0.3, -0.25) is 29.0 Å². The molecule has 4 unspecified atom stereocenters. The van der Waals surface area contributed by atoms with Gasteiger partial charge in [0.1, 0.15) is 11.9 Å². The largest absolute Gasteiger partial charge is 0.467 e. The van der Waals surface area contributed by atoms with E-state index in [4.69, 9.17) is 13.9 Å². The first-order valence-electron chi connectivity index (χ1n) is 13.3. The van der Waals surface area contributed by atoms with Crippen LogP contribution >= 0.6 is 0 Å². The minimum absolute atomic E-state index is 0.208. The lowest BCUT2D eigenvalue weighted by atomic mass is 9.87. The van der Waals surface area contributed by atoms with Crippen LogP contribution in [0, 0.1) is 17.8 Å². The number of hydrogen-bond donors (Lipinski definition) is 0. The summed E-state index contributed by atoms with van der Waals surface area (Å²) in [5.41, 5.74) is 0. The lowest BCUT2D eigenvalue weighted by molar-refractivity contribution is -0.141. The van der Waals surface area contributed by atoms with E-state index in [1.54, 1.807) is 6.26 Å². The second-order valence-corrected chi connectivity index (χ2v) is 9.73. The van der Waals surface area contributed by atoms with Gasteiger partial charge in [-0.25, -0.2) is 0 Å². The quantitative estimate of drug-likeness (QED) is 0.214. The molecule has 1 aromatic heterocycles. The maximum absolute atomic E-state index is 13.4. The van der Waals surface area contributed by atoms with E-state index >= 15 is 0 Å². The maximum atomic E-state index is 13.4. The van der Waals surface area contributed by atoms with Crippen molar-refractivity contribution in [3.63, 3.8) is 0 Å². The Hall–Kier alpha value is -3.04. The van der Waals surface area contributed by atoms with Gasteiger partial charge >= 0.3 is 0 Å². The SMILES string of the molecule is CCC(CC)C(OCCC1C(=O)N(CCCCN2C(=O)C=CC2=O)C(=O)C1C1C=CCO1)c1ccco1. The first-order chi connectivity index (χ1) is 18.0. The summed E-state index contributed by atoms with van der Waals surface area (Å²) in [6.45, 7) is 5.49. The summed E-state index contributed by atoms with van der Waals surface area (Å²) in [7, 11) is 0. The van der Waals surface area contributed by atoms with E-state index in [0.29, 0.717) is 32.5 Å². The summed E-state index contributed by atoms with van der Waals surface area (Å²) in [5.74, 6) is -1.17. The van der Waals surface area contributed by atoms with Gasteiger partial charge in [0.05, 0.1) is 30.8 Å². The molecule has 4 amide bonds. The van der Waals surface area contributed by atoms with Crippen LogP contribution in [0.5, 0.6) is 0 Å². The standard InChI is InChI=1S/C28H36N2O7/c1-3-19(4-2)26(22-10-8-17-36-22)37-18-13-20-25(21-9-7-16-35-21)28(34)30(27(20)33)15-6-5-14-29-23(31)11-12-24(29)32/h7-12,17,19-21,25-26H,3-6,13-16,18H2,1-2H3. The van der Waals surface area contributed by atoms with Gasteiger partial charge in [0.25, 0.3) is 11.8 Å². The van der Waals surface area contributed by atoms with Gasteiger partial charge in [-0.2, -0.15) is 0 Å². The van der Waals surface area contributed by atoms with Crippen LogP contribution in [0.1, 0.15) is 57.8 Å². The summed E-state index contributed by atoms with van der Waals surface area (Å²) in [4.78, 5) is 52.7. The lowest BCUT2D eigenvalue weighted by Crippen LogP contribution is -2.35. The van der Waals surface area contributed by atoms with Gasteiger partial charge in [0.2, 0.25) is 11.8 Å². The van der Waals surface area contributed by atoms with Crippen LogP contribution in [0.15, 0.2) is 47.1 Å². The van der Waals surface area contributed by atoms with Crippen LogP contribution in [-0.4, -0.2) is 65.8 Å². The topological polar surface area (TPSA) is 106 Å². The first kappa shape index (κ1) is 27.0. The summed E-state index contributed by atoms with van der Waals surface area (Å²) >= 11 is 0. The number of ether oxygens (including phenoxy) is 2. The van der Waals surface area contributed by atoms with Crippen molar-refractivity contribution in [2.75, 3.05) is 26.3 Å². The fourth-order valence-electron chi connectivity index (χ4n) is 5.48. The molecule has 0 aromatic carbocycles. The third-order valence-corrected chi connectivity index (χ3v) is 7.57. The zero-order chi connectivity index (χ0) is 26.4. The molecule has 37 heavy (non-hydrogen) atoms.